The predicted octanol–water partition coefficient (Wildman–Crippen LogP) is 0.130. The highest BCUT2D eigenvalue weighted by Gasteiger charge is 2.31. The molecule has 2 fully saturated rings. The molecule has 7 nitrogen and oxygen atoms in total. The van der Waals surface area contributed by atoms with Gasteiger partial charge in [0.2, 0.25) is 11.8 Å². The summed E-state index contributed by atoms with van der Waals surface area (Å²) in [5.41, 5.74) is 0. The van der Waals surface area contributed by atoms with Gasteiger partial charge in [0.15, 0.2) is 0 Å². The van der Waals surface area contributed by atoms with Crippen molar-refractivity contribution in [2.75, 3.05) is 26.4 Å². The number of nitrogens with one attached hydrogen (secondary N) is 2. The number of hydrogen-bond acceptors (Lipinski definition) is 5. The van der Waals surface area contributed by atoms with Crippen LogP contribution in [0.3, 0.4) is 0 Å². The number of amides is 2. The number of aliphatic hydroxyl groups is 1. The Labute approximate surface area is 148 Å². The molecule has 1 saturated heterocycles. The molecule has 0 aromatic carbocycles. The zero-order valence-corrected chi connectivity index (χ0v) is 14.5. The van der Waals surface area contributed by atoms with Crippen molar-refractivity contribution >= 4 is 11.8 Å². The lowest BCUT2D eigenvalue weighted by Crippen LogP contribution is -2.50. The van der Waals surface area contributed by atoms with E-state index in [1.807, 2.05) is 6.08 Å². The maximum absolute atomic E-state index is 12.3. The Hall–Kier alpha value is -1.44. The molecule has 0 aromatic rings. The maximum Gasteiger partial charge on any atom is 0.223 e. The molecule has 3 rings (SSSR count). The topological polar surface area (TPSA) is 96.9 Å². The van der Waals surface area contributed by atoms with Gasteiger partial charge in [-0.2, -0.15) is 0 Å². The highest BCUT2D eigenvalue weighted by atomic mass is 16.5. The van der Waals surface area contributed by atoms with Gasteiger partial charge in [-0.25, -0.2) is 0 Å². The Kier molecular flexibility index (Phi) is 6.45. The molecule has 3 aliphatic rings. The normalized spacial score (nSPS) is 30.0. The number of aliphatic hydroxyl groups excluding tert-OH is 1. The summed E-state index contributed by atoms with van der Waals surface area (Å²) < 4.78 is 11.1. The van der Waals surface area contributed by atoms with Crippen LogP contribution in [0.15, 0.2) is 12.2 Å². The molecule has 1 saturated carbocycles. The molecular weight excluding hydrogens is 324 g/mol. The minimum atomic E-state index is -0.532. The monoisotopic (exact) mass is 352 g/mol. The maximum atomic E-state index is 12.3. The summed E-state index contributed by atoms with van der Waals surface area (Å²) in [6.07, 6.45) is 6.80. The van der Waals surface area contributed by atoms with Crippen LogP contribution in [-0.2, 0) is 19.1 Å². The van der Waals surface area contributed by atoms with E-state index in [-0.39, 0.29) is 42.9 Å². The van der Waals surface area contributed by atoms with Crippen LogP contribution < -0.4 is 10.6 Å². The van der Waals surface area contributed by atoms with Crippen molar-refractivity contribution in [3.8, 4) is 0 Å². The molecule has 2 aliphatic heterocycles. The van der Waals surface area contributed by atoms with Gasteiger partial charge in [0.25, 0.3) is 0 Å². The Bertz CT molecular complexity index is 500. The average molecular weight is 352 g/mol. The molecule has 0 unspecified atom stereocenters. The number of rotatable bonds is 7. The predicted molar refractivity (Wildman–Crippen MR) is 90.7 cm³/mol. The lowest BCUT2D eigenvalue weighted by atomic mass is 9.97. The van der Waals surface area contributed by atoms with Gasteiger partial charge in [-0.15, -0.1) is 0 Å². The zero-order chi connectivity index (χ0) is 17.6. The Morgan fingerprint density at radius 3 is 2.56 bits per heavy atom. The molecule has 1 aliphatic carbocycles. The molecule has 7 heteroatoms. The highest BCUT2D eigenvalue weighted by molar-refractivity contribution is 5.79. The molecule has 140 valence electrons. The molecule has 0 radical (unpaired) electrons. The van der Waals surface area contributed by atoms with Gasteiger partial charge < -0.3 is 25.2 Å². The quantitative estimate of drug-likeness (QED) is 0.566. The summed E-state index contributed by atoms with van der Waals surface area (Å²) in [4.78, 5) is 24.3. The van der Waals surface area contributed by atoms with Gasteiger partial charge in [-0.1, -0.05) is 12.2 Å². The van der Waals surface area contributed by atoms with Crippen LogP contribution in [0, 0.1) is 11.8 Å². The largest absolute Gasteiger partial charge is 0.394 e. The molecule has 0 spiro atoms. The standard InChI is InChI=1S/C18H28N2O5/c21-11-16-15(20-18(23)13-5-7-24-8-6-13)4-3-14(25-16)9-17(22)19-10-12-1-2-12/h3-4,12-16,21H,1-2,5-11H2,(H,19,22)(H,20,23)/t14-,15-,16-/m0/s1. The van der Waals surface area contributed by atoms with E-state index < -0.39 is 6.10 Å². The average Bonchev–Trinajstić information content (AvgIpc) is 3.46. The molecule has 2 amide bonds. The van der Waals surface area contributed by atoms with Crippen LogP contribution >= 0.6 is 0 Å². The van der Waals surface area contributed by atoms with Crippen LogP contribution in [0.1, 0.15) is 32.1 Å². The van der Waals surface area contributed by atoms with Crippen molar-refractivity contribution < 1.29 is 24.2 Å². The van der Waals surface area contributed by atoms with E-state index in [1.165, 1.54) is 12.8 Å². The van der Waals surface area contributed by atoms with Crippen LogP contribution in [0.5, 0.6) is 0 Å². The summed E-state index contributed by atoms with van der Waals surface area (Å²) >= 11 is 0. The van der Waals surface area contributed by atoms with Gasteiger partial charge in [-0.05, 0) is 31.6 Å². The van der Waals surface area contributed by atoms with E-state index >= 15 is 0 Å². The van der Waals surface area contributed by atoms with E-state index in [0.29, 0.717) is 19.1 Å². The van der Waals surface area contributed by atoms with E-state index in [2.05, 4.69) is 10.6 Å². The number of carbonyl (C=O) groups excluding carboxylic acids is 2. The SMILES string of the molecule is O=C(C[C@@H]1C=C[C@H](NC(=O)C2CCOCC2)[C@H](CO)O1)NCC1CC1. The summed E-state index contributed by atoms with van der Waals surface area (Å²) in [7, 11) is 0. The second-order valence-electron chi connectivity index (χ2n) is 7.15. The molecule has 0 aromatic heterocycles. The molecule has 25 heavy (non-hydrogen) atoms. The van der Waals surface area contributed by atoms with Crippen molar-refractivity contribution in [3.63, 3.8) is 0 Å². The van der Waals surface area contributed by atoms with Crippen molar-refractivity contribution in [3.05, 3.63) is 12.2 Å². The third-order valence-electron chi connectivity index (χ3n) is 5.04. The Morgan fingerprint density at radius 2 is 1.88 bits per heavy atom. The highest BCUT2D eigenvalue weighted by Crippen LogP contribution is 2.27. The van der Waals surface area contributed by atoms with E-state index in [1.54, 1.807) is 6.08 Å². The molecular formula is C18H28N2O5. The summed E-state index contributed by atoms with van der Waals surface area (Å²) in [6, 6.07) is -0.369. The molecule has 3 atom stereocenters. The molecule has 2 heterocycles. The van der Waals surface area contributed by atoms with Gasteiger partial charge in [0.1, 0.15) is 6.10 Å². The van der Waals surface area contributed by atoms with Crippen LogP contribution in [0.25, 0.3) is 0 Å². The van der Waals surface area contributed by atoms with Gasteiger partial charge >= 0.3 is 0 Å². The van der Waals surface area contributed by atoms with Gasteiger partial charge in [0.05, 0.1) is 25.2 Å². The third-order valence-corrected chi connectivity index (χ3v) is 5.04. The van der Waals surface area contributed by atoms with Crippen molar-refractivity contribution in [1.29, 1.82) is 0 Å². The van der Waals surface area contributed by atoms with Gasteiger partial charge in [-0.3, -0.25) is 9.59 Å². The second-order valence-corrected chi connectivity index (χ2v) is 7.15. The fraction of sp³-hybridized carbons (Fsp3) is 0.778. The summed E-state index contributed by atoms with van der Waals surface area (Å²) in [6.45, 7) is 1.75. The third kappa shape index (κ3) is 5.52. The number of carbonyl (C=O) groups is 2. The minimum Gasteiger partial charge on any atom is -0.394 e. The fourth-order valence-electron chi connectivity index (χ4n) is 3.21. The molecule has 3 N–H and O–H groups in total. The van der Waals surface area contributed by atoms with Crippen LogP contribution in [-0.4, -0.2) is 61.5 Å². The van der Waals surface area contributed by atoms with Gasteiger partial charge in [0, 0.05) is 25.7 Å². The first-order valence-corrected chi connectivity index (χ1v) is 9.25. The van der Waals surface area contributed by atoms with Crippen molar-refractivity contribution in [2.24, 2.45) is 11.8 Å². The summed E-state index contributed by atoms with van der Waals surface area (Å²) in [5.74, 6) is 0.526. The lowest BCUT2D eigenvalue weighted by molar-refractivity contribution is -0.132. The smallest absolute Gasteiger partial charge is 0.223 e. The number of ether oxygens (including phenoxy) is 2. The summed E-state index contributed by atoms with van der Waals surface area (Å²) in [5, 5.41) is 15.4. The van der Waals surface area contributed by atoms with E-state index in [9.17, 15) is 14.7 Å². The van der Waals surface area contributed by atoms with Crippen LogP contribution in [0.4, 0.5) is 0 Å². The van der Waals surface area contributed by atoms with Crippen molar-refractivity contribution in [2.45, 2.75) is 50.4 Å². The van der Waals surface area contributed by atoms with E-state index in [0.717, 1.165) is 19.4 Å². The Balaban J connectivity index is 1.47. The van der Waals surface area contributed by atoms with Crippen LogP contribution in [0.2, 0.25) is 0 Å². The van der Waals surface area contributed by atoms with E-state index in [4.69, 9.17) is 9.47 Å². The first kappa shape index (κ1) is 18.4. The zero-order valence-electron chi connectivity index (χ0n) is 14.5. The van der Waals surface area contributed by atoms with Crippen molar-refractivity contribution in [1.82, 2.24) is 10.6 Å². The second kappa shape index (κ2) is 8.78. The first-order chi connectivity index (χ1) is 12.2. The Morgan fingerprint density at radius 1 is 1.12 bits per heavy atom. The first-order valence-electron chi connectivity index (χ1n) is 9.25. The fourth-order valence-corrected chi connectivity index (χ4v) is 3.21. The minimum absolute atomic E-state index is 0.0272. The lowest BCUT2D eigenvalue weighted by Gasteiger charge is -2.33. The number of hydrogen-bond donors (Lipinski definition) is 3. The molecule has 0 bridgehead atoms.